The quantitative estimate of drug-likeness (QED) is 0.335. The van der Waals surface area contributed by atoms with Crippen LogP contribution in [-0.4, -0.2) is 52.1 Å². The van der Waals surface area contributed by atoms with Gasteiger partial charge in [-0.15, -0.1) is 0 Å². The Hall–Kier alpha value is -3.20. The third kappa shape index (κ3) is 5.42. The van der Waals surface area contributed by atoms with Crippen molar-refractivity contribution in [3.05, 3.63) is 70.4 Å². The van der Waals surface area contributed by atoms with E-state index >= 15 is 0 Å². The summed E-state index contributed by atoms with van der Waals surface area (Å²) in [5.74, 6) is 1.52. The maximum Gasteiger partial charge on any atom is 0.234 e. The van der Waals surface area contributed by atoms with Crippen molar-refractivity contribution in [3.63, 3.8) is 0 Å². The number of aliphatic hydroxyl groups excluding tert-OH is 1. The Kier molecular flexibility index (Phi) is 7.33. The van der Waals surface area contributed by atoms with Crippen LogP contribution in [0.4, 0.5) is 23.1 Å². The molecule has 5 rings (SSSR count). The number of rotatable bonds is 8. The van der Waals surface area contributed by atoms with Gasteiger partial charge in [0.15, 0.2) is 5.82 Å². The van der Waals surface area contributed by atoms with E-state index in [9.17, 15) is 4.79 Å². The van der Waals surface area contributed by atoms with Crippen molar-refractivity contribution in [3.8, 4) is 0 Å². The molecule has 1 saturated heterocycles. The molecular weight excluding hydrogens is 488 g/mol. The number of fused-ring (bicyclic) bond motifs is 1. The minimum atomic E-state index is -0.599. The molecule has 0 saturated carbocycles. The third-order valence-corrected chi connectivity index (χ3v) is 7.70. The van der Waals surface area contributed by atoms with Crippen molar-refractivity contribution >= 4 is 40.6 Å². The van der Waals surface area contributed by atoms with Gasteiger partial charge in [0.2, 0.25) is 11.9 Å². The van der Waals surface area contributed by atoms with E-state index < -0.39 is 5.41 Å². The van der Waals surface area contributed by atoms with E-state index in [0.29, 0.717) is 29.3 Å². The van der Waals surface area contributed by atoms with E-state index in [4.69, 9.17) is 16.7 Å². The first kappa shape index (κ1) is 25.4. The second-order valence-corrected chi connectivity index (χ2v) is 10.7. The van der Waals surface area contributed by atoms with Crippen LogP contribution in [0.5, 0.6) is 0 Å². The normalized spacial score (nSPS) is 17.4. The minimum absolute atomic E-state index is 0.000296. The fourth-order valence-electron chi connectivity index (χ4n) is 5.31. The summed E-state index contributed by atoms with van der Waals surface area (Å²) in [5, 5.41) is 19.1. The fourth-order valence-corrected chi connectivity index (χ4v) is 5.47. The first-order valence-corrected chi connectivity index (χ1v) is 13.1. The van der Waals surface area contributed by atoms with Crippen LogP contribution < -0.4 is 16.0 Å². The van der Waals surface area contributed by atoms with Crippen LogP contribution in [0.3, 0.4) is 0 Å². The zero-order chi connectivity index (χ0) is 26.0. The van der Waals surface area contributed by atoms with Gasteiger partial charge in [0.1, 0.15) is 5.02 Å². The summed E-state index contributed by atoms with van der Waals surface area (Å²) in [6.07, 6.45) is 3.79. The van der Waals surface area contributed by atoms with Gasteiger partial charge in [-0.25, -0.2) is 4.98 Å². The number of benzene rings is 2. The number of likely N-dealkylation sites (tertiary alicyclic amines) is 1. The lowest BCUT2D eigenvalue weighted by molar-refractivity contribution is -0.119. The van der Waals surface area contributed by atoms with Crippen molar-refractivity contribution in [2.45, 2.75) is 44.6 Å². The molecule has 2 aliphatic heterocycles. The summed E-state index contributed by atoms with van der Waals surface area (Å²) in [7, 11) is 0. The molecule has 0 bridgehead atoms. The third-order valence-electron chi connectivity index (χ3n) is 7.42. The highest BCUT2D eigenvalue weighted by Crippen LogP contribution is 2.40. The van der Waals surface area contributed by atoms with E-state index in [2.05, 4.69) is 55.1 Å². The number of halogens is 1. The average molecular weight is 521 g/mol. The van der Waals surface area contributed by atoms with Crippen molar-refractivity contribution in [1.82, 2.24) is 14.9 Å². The molecule has 0 spiro atoms. The topological polar surface area (TPSA) is 102 Å². The molecule has 2 aliphatic rings. The van der Waals surface area contributed by atoms with E-state index in [1.807, 2.05) is 32.0 Å². The van der Waals surface area contributed by atoms with Gasteiger partial charge < -0.3 is 26.0 Å². The standard InChI is InChI=1S/C28H33ClN6O2/c1-28(2)24-20(4-3-5-23(24)33-26(28)37)16-30-25-22(29)17-31-27(34-25)32-21-8-6-18(7-9-21)19-10-12-35(13-11-19)14-15-36/h3-9,17,19,36H,10-16H2,1-2H3,(H,33,37)(H2,30,31,32,34). The lowest BCUT2D eigenvalue weighted by Gasteiger charge is -2.31. The summed E-state index contributed by atoms with van der Waals surface area (Å²) in [4.78, 5) is 23.7. The number of hydrogen-bond donors (Lipinski definition) is 4. The van der Waals surface area contributed by atoms with Crippen molar-refractivity contribution in [2.24, 2.45) is 0 Å². The van der Waals surface area contributed by atoms with Crippen molar-refractivity contribution < 1.29 is 9.90 Å². The molecule has 1 aromatic heterocycles. The number of carbonyl (C=O) groups is 1. The van der Waals surface area contributed by atoms with Gasteiger partial charge in [0.05, 0.1) is 18.2 Å². The molecular formula is C28H33ClN6O2. The Morgan fingerprint density at radius 1 is 1.16 bits per heavy atom. The summed E-state index contributed by atoms with van der Waals surface area (Å²) in [6.45, 7) is 7.37. The molecule has 2 aromatic carbocycles. The molecule has 0 atom stereocenters. The maximum atomic E-state index is 12.4. The molecule has 4 N–H and O–H groups in total. The number of nitrogens with zero attached hydrogens (tertiary/aromatic N) is 3. The van der Waals surface area contributed by atoms with Crippen LogP contribution in [0.25, 0.3) is 0 Å². The second-order valence-electron chi connectivity index (χ2n) is 10.2. The Morgan fingerprint density at radius 3 is 2.65 bits per heavy atom. The van der Waals surface area contributed by atoms with Crippen LogP contribution in [0, 0.1) is 0 Å². The van der Waals surface area contributed by atoms with Gasteiger partial charge in [-0.1, -0.05) is 35.9 Å². The first-order valence-electron chi connectivity index (χ1n) is 12.8. The van der Waals surface area contributed by atoms with E-state index in [1.165, 1.54) is 5.56 Å². The Balaban J connectivity index is 1.24. The number of aliphatic hydroxyl groups is 1. The van der Waals surface area contributed by atoms with Crippen LogP contribution in [0.2, 0.25) is 5.02 Å². The minimum Gasteiger partial charge on any atom is -0.395 e. The number of carbonyl (C=O) groups excluding carboxylic acids is 1. The van der Waals surface area contributed by atoms with Gasteiger partial charge in [-0.2, -0.15) is 4.98 Å². The van der Waals surface area contributed by atoms with E-state index in [0.717, 1.165) is 55.0 Å². The summed E-state index contributed by atoms with van der Waals surface area (Å²) < 4.78 is 0. The van der Waals surface area contributed by atoms with Gasteiger partial charge in [0.25, 0.3) is 0 Å². The first-order chi connectivity index (χ1) is 17.8. The molecule has 194 valence electrons. The molecule has 37 heavy (non-hydrogen) atoms. The van der Waals surface area contributed by atoms with Crippen LogP contribution >= 0.6 is 11.6 Å². The molecule has 0 unspecified atom stereocenters. The number of hydrogen-bond acceptors (Lipinski definition) is 7. The zero-order valence-corrected chi connectivity index (χ0v) is 22.0. The summed E-state index contributed by atoms with van der Waals surface area (Å²) in [5.41, 5.74) is 4.50. The number of nitrogens with one attached hydrogen (secondary N) is 3. The highest BCUT2D eigenvalue weighted by atomic mass is 35.5. The predicted molar refractivity (Wildman–Crippen MR) is 148 cm³/mol. The number of amides is 1. The van der Waals surface area contributed by atoms with E-state index in [-0.39, 0.29) is 12.5 Å². The highest BCUT2D eigenvalue weighted by molar-refractivity contribution is 6.32. The molecule has 8 nitrogen and oxygen atoms in total. The highest BCUT2D eigenvalue weighted by Gasteiger charge is 2.39. The molecule has 9 heteroatoms. The van der Waals surface area contributed by atoms with Crippen LogP contribution in [-0.2, 0) is 16.8 Å². The molecule has 1 fully saturated rings. The van der Waals surface area contributed by atoms with Gasteiger partial charge in [-0.05, 0) is 80.6 Å². The van der Waals surface area contributed by atoms with Gasteiger partial charge in [0, 0.05) is 24.5 Å². The number of aromatic nitrogens is 2. The molecule has 1 amide bonds. The van der Waals surface area contributed by atoms with Crippen molar-refractivity contribution in [2.75, 3.05) is 42.2 Å². The predicted octanol–water partition coefficient (Wildman–Crippen LogP) is 4.89. The Morgan fingerprint density at radius 2 is 1.92 bits per heavy atom. The van der Waals surface area contributed by atoms with Crippen LogP contribution in [0.1, 0.15) is 49.3 Å². The van der Waals surface area contributed by atoms with Crippen molar-refractivity contribution in [1.29, 1.82) is 0 Å². The molecule has 0 aliphatic carbocycles. The van der Waals surface area contributed by atoms with E-state index in [1.54, 1.807) is 6.20 Å². The van der Waals surface area contributed by atoms with Gasteiger partial charge >= 0.3 is 0 Å². The average Bonchev–Trinajstić information content (AvgIpc) is 3.14. The lowest BCUT2D eigenvalue weighted by Crippen LogP contribution is -2.34. The smallest absolute Gasteiger partial charge is 0.234 e. The van der Waals surface area contributed by atoms with Gasteiger partial charge in [-0.3, -0.25) is 4.79 Å². The largest absolute Gasteiger partial charge is 0.395 e. The molecule has 0 radical (unpaired) electrons. The maximum absolute atomic E-state index is 12.4. The summed E-state index contributed by atoms with van der Waals surface area (Å²) >= 11 is 6.40. The molecule has 3 heterocycles. The Labute approximate surface area is 222 Å². The SMILES string of the molecule is CC1(C)C(=O)Nc2cccc(CNc3nc(Nc4ccc(C5CCN(CCO)CC5)cc4)ncc3Cl)c21. The summed E-state index contributed by atoms with van der Waals surface area (Å²) in [6, 6.07) is 14.3. The lowest BCUT2D eigenvalue weighted by atomic mass is 9.83. The monoisotopic (exact) mass is 520 g/mol. The van der Waals surface area contributed by atoms with Crippen LogP contribution in [0.15, 0.2) is 48.7 Å². The number of β-amino-alcohol motifs (C(OH)–C–C–N with tert-alkyl or cyclic N) is 1. The zero-order valence-electron chi connectivity index (χ0n) is 21.2. The number of anilines is 4. The fraction of sp³-hybridized carbons (Fsp3) is 0.393. The second kappa shape index (κ2) is 10.7. The molecule has 3 aromatic rings. The Bertz CT molecular complexity index is 1270. The number of piperidine rings is 1.